The van der Waals surface area contributed by atoms with Crippen molar-refractivity contribution in [3.05, 3.63) is 29.8 Å². The summed E-state index contributed by atoms with van der Waals surface area (Å²) in [6, 6.07) is 8.56. The van der Waals surface area contributed by atoms with Crippen LogP contribution in [0.5, 0.6) is 0 Å². The van der Waals surface area contributed by atoms with Crippen LogP contribution in [0, 0.1) is 5.92 Å². The molecule has 0 spiro atoms. The third-order valence-corrected chi connectivity index (χ3v) is 3.51. The Hall–Kier alpha value is -1.00. The first-order chi connectivity index (χ1) is 8.61. The van der Waals surface area contributed by atoms with Crippen molar-refractivity contribution in [2.45, 2.75) is 24.7 Å². The molecule has 0 radical (unpaired) electrons. The maximum absolute atomic E-state index is 10.5. The number of nitrogens with one attached hydrogen (secondary N) is 1. The zero-order valence-corrected chi connectivity index (χ0v) is 11.8. The molecule has 2 N–H and O–H groups in total. The number of thioether (sulfide) groups is 1. The van der Waals surface area contributed by atoms with E-state index in [2.05, 4.69) is 35.8 Å². The largest absolute Gasteiger partial charge is 0.481 e. The number of rotatable bonds is 8. The van der Waals surface area contributed by atoms with Crippen LogP contribution < -0.4 is 5.32 Å². The van der Waals surface area contributed by atoms with Crippen molar-refractivity contribution in [1.29, 1.82) is 0 Å². The second-order valence-corrected chi connectivity index (χ2v) is 5.38. The Bertz CT molecular complexity index is 365. The van der Waals surface area contributed by atoms with Gasteiger partial charge in [-0.2, -0.15) is 0 Å². The fourth-order valence-electron chi connectivity index (χ4n) is 1.74. The number of aliphatic carboxylic acids is 1. The predicted molar refractivity (Wildman–Crippen MR) is 76.2 cm³/mol. The van der Waals surface area contributed by atoms with Crippen molar-refractivity contribution in [2.75, 3.05) is 19.3 Å². The fourth-order valence-corrected chi connectivity index (χ4v) is 2.15. The molecule has 3 nitrogen and oxygen atoms in total. The standard InChI is InChI=1S/C14H21NO2S/c1-11(9-14(16)17)10-15-8-7-12-3-5-13(18-2)6-4-12/h3-6,11,15H,7-10H2,1-2H3,(H,16,17). The number of hydrogen-bond donors (Lipinski definition) is 2. The summed E-state index contributed by atoms with van der Waals surface area (Å²) in [5.74, 6) is -0.543. The van der Waals surface area contributed by atoms with Crippen LogP contribution in [0.15, 0.2) is 29.2 Å². The van der Waals surface area contributed by atoms with Crippen LogP contribution in [0.2, 0.25) is 0 Å². The first kappa shape index (κ1) is 15.1. The van der Waals surface area contributed by atoms with E-state index >= 15 is 0 Å². The molecule has 1 atom stereocenters. The number of hydrogen-bond acceptors (Lipinski definition) is 3. The smallest absolute Gasteiger partial charge is 0.303 e. The van der Waals surface area contributed by atoms with E-state index in [1.807, 2.05) is 6.92 Å². The summed E-state index contributed by atoms with van der Waals surface area (Å²) in [5, 5.41) is 11.9. The highest BCUT2D eigenvalue weighted by atomic mass is 32.2. The average Bonchev–Trinajstić information content (AvgIpc) is 2.34. The predicted octanol–water partition coefficient (Wildman–Crippen LogP) is 2.65. The summed E-state index contributed by atoms with van der Waals surface area (Å²) in [4.78, 5) is 11.8. The first-order valence-electron chi connectivity index (χ1n) is 6.17. The fraction of sp³-hybridized carbons (Fsp3) is 0.500. The summed E-state index contributed by atoms with van der Waals surface area (Å²) in [6.45, 7) is 3.60. The molecule has 1 aromatic rings. The lowest BCUT2D eigenvalue weighted by Crippen LogP contribution is -2.24. The molecular formula is C14H21NO2S. The molecular weight excluding hydrogens is 246 g/mol. The molecule has 0 saturated heterocycles. The lowest BCUT2D eigenvalue weighted by atomic mass is 10.1. The van der Waals surface area contributed by atoms with E-state index in [9.17, 15) is 4.79 Å². The molecule has 0 aliphatic rings. The number of benzene rings is 1. The lowest BCUT2D eigenvalue weighted by Gasteiger charge is -2.10. The zero-order chi connectivity index (χ0) is 13.4. The monoisotopic (exact) mass is 267 g/mol. The Morgan fingerprint density at radius 2 is 2.06 bits per heavy atom. The average molecular weight is 267 g/mol. The molecule has 18 heavy (non-hydrogen) atoms. The molecule has 1 aromatic carbocycles. The van der Waals surface area contributed by atoms with Gasteiger partial charge in [-0.25, -0.2) is 0 Å². The van der Waals surface area contributed by atoms with Gasteiger partial charge in [0.2, 0.25) is 0 Å². The van der Waals surface area contributed by atoms with Crippen LogP contribution in [-0.2, 0) is 11.2 Å². The van der Waals surface area contributed by atoms with Gasteiger partial charge in [-0.1, -0.05) is 19.1 Å². The molecule has 4 heteroatoms. The lowest BCUT2D eigenvalue weighted by molar-refractivity contribution is -0.137. The van der Waals surface area contributed by atoms with Crippen LogP contribution in [0.1, 0.15) is 18.9 Å². The van der Waals surface area contributed by atoms with Gasteiger partial charge in [-0.3, -0.25) is 4.79 Å². The van der Waals surface area contributed by atoms with Crippen LogP contribution in [0.25, 0.3) is 0 Å². The number of carbonyl (C=O) groups is 1. The summed E-state index contributed by atoms with van der Waals surface area (Å²) < 4.78 is 0. The minimum Gasteiger partial charge on any atom is -0.481 e. The first-order valence-corrected chi connectivity index (χ1v) is 7.39. The highest BCUT2D eigenvalue weighted by Crippen LogP contribution is 2.14. The number of carboxylic acid groups (broad SMARTS) is 1. The van der Waals surface area contributed by atoms with Crippen molar-refractivity contribution >= 4 is 17.7 Å². The Labute approximate surface area is 113 Å². The van der Waals surface area contributed by atoms with Crippen LogP contribution in [0.3, 0.4) is 0 Å². The summed E-state index contributed by atoms with van der Waals surface area (Å²) >= 11 is 1.74. The van der Waals surface area contributed by atoms with Gasteiger partial charge >= 0.3 is 5.97 Å². The van der Waals surface area contributed by atoms with Crippen molar-refractivity contribution in [3.8, 4) is 0 Å². The van der Waals surface area contributed by atoms with E-state index in [1.54, 1.807) is 11.8 Å². The van der Waals surface area contributed by atoms with Gasteiger partial charge in [-0.15, -0.1) is 11.8 Å². The molecule has 0 amide bonds. The van der Waals surface area contributed by atoms with Gasteiger partial charge in [-0.05, 0) is 49.4 Å². The van der Waals surface area contributed by atoms with Crippen molar-refractivity contribution in [1.82, 2.24) is 5.32 Å². The molecule has 0 aliphatic carbocycles. The van der Waals surface area contributed by atoms with E-state index in [0.717, 1.165) is 19.5 Å². The maximum atomic E-state index is 10.5. The zero-order valence-electron chi connectivity index (χ0n) is 11.0. The van der Waals surface area contributed by atoms with Crippen molar-refractivity contribution < 1.29 is 9.90 Å². The highest BCUT2D eigenvalue weighted by molar-refractivity contribution is 7.98. The van der Waals surface area contributed by atoms with Gasteiger partial charge in [0, 0.05) is 11.3 Å². The van der Waals surface area contributed by atoms with Gasteiger partial charge < -0.3 is 10.4 Å². The van der Waals surface area contributed by atoms with E-state index in [4.69, 9.17) is 5.11 Å². The van der Waals surface area contributed by atoms with E-state index in [-0.39, 0.29) is 12.3 Å². The Morgan fingerprint density at radius 1 is 1.39 bits per heavy atom. The third-order valence-electron chi connectivity index (χ3n) is 2.77. The minimum absolute atomic E-state index is 0.182. The third kappa shape index (κ3) is 6.07. The summed E-state index contributed by atoms with van der Waals surface area (Å²) in [6.07, 6.45) is 3.28. The maximum Gasteiger partial charge on any atom is 0.303 e. The molecule has 1 rings (SSSR count). The van der Waals surface area contributed by atoms with Gasteiger partial charge in [0.05, 0.1) is 0 Å². The summed E-state index contributed by atoms with van der Waals surface area (Å²) in [5.41, 5.74) is 1.31. The van der Waals surface area contributed by atoms with Crippen LogP contribution in [-0.4, -0.2) is 30.4 Å². The molecule has 100 valence electrons. The quantitative estimate of drug-likeness (QED) is 0.561. The highest BCUT2D eigenvalue weighted by Gasteiger charge is 2.06. The molecule has 0 aromatic heterocycles. The molecule has 0 aliphatic heterocycles. The van der Waals surface area contributed by atoms with Gasteiger partial charge in [0.25, 0.3) is 0 Å². The van der Waals surface area contributed by atoms with E-state index < -0.39 is 5.97 Å². The SMILES string of the molecule is CSc1ccc(CCNCC(C)CC(=O)O)cc1. The molecule has 0 fully saturated rings. The summed E-state index contributed by atoms with van der Waals surface area (Å²) in [7, 11) is 0. The number of carboxylic acids is 1. The van der Waals surface area contributed by atoms with E-state index in [1.165, 1.54) is 10.5 Å². The topological polar surface area (TPSA) is 49.3 Å². The van der Waals surface area contributed by atoms with Crippen molar-refractivity contribution in [3.63, 3.8) is 0 Å². The van der Waals surface area contributed by atoms with Crippen LogP contribution >= 0.6 is 11.8 Å². The molecule has 0 heterocycles. The van der Waals surface area contributed by atoms with Gasteiger partial charge in [0.1, 0.15) is 0 Å². The molecule has 1 unspecified atom stereocenters. The second kappa shape index (κ2) is 8.16. The Kier molecular flexibility index (Phi) is 6.83. The molecule has 0 bridgehead atoms. The van der Waals surface area contributed by atoms with Gasteiger partial charge in [0.15, 0.2) is 0 Å². The van der Waals surface area contributed by atoms with E-state index in [0.29, 0.717) is 0 Å². The van der Waals surface area contributed by atoms with Crippen molar-refractivity contribution in [2.24, 2.45) is 5.92 Å². The Morgan fingerprint density at radius 3 is 2.61 bits per heavy atom. The normalized spacial score (nSPS) is 12.3. The molecule has 0 saturated carbocycles. The van der Waals surface area contributed by atoms with Crippen LogP contribution in [0.4, 0.5) is 0 Å². The second-order valence-electron chi connectivity index (χ2n) is 4.51. The minimum atomic E-state index is -0.725. The Balaban J connectivity index is 2.19.